The molecule has 0 aromatic carbocycles. The lowest BCUT2D eigenvalue weighted by Crippen LogP contribution is -2.41. The summed E-state index contributed by atoms with van der Waals surface area (Å²) >= 11 is 0. The lowest BCUT2D eigenvalue weighted by Gasteiger charge is -2.27. The fourth-order valence-electron chi connectivity index (χ4n) is 2.45. The molecule has 0 amide bonds. The topological polar surface area (TPSA) is 104 Å². The third-order valence-corrected chi connectivity index (χ3v) is 6.36. The zero-order valence-electron chi connectivity index (χ0n) is 16.9. The maximum absolute atomic E-state index is 12.7. The molecule has 1 atom stereocenters. The zero-order chi connectivity index (χ0) is 20.7. The molecular weight excluding hydrogens is 372 g/mol. The summed E-state index contributed by atoms with van der Waals surface area (Å²) in [6, 6.07) is -0.584. The summed E-state index contributed by atoms with van der Waals surface area (Å²) in [4.78, 5) is 15.4. The summed E-state index contributed by atoms with van der Waals surface area (Å²) in [5, 5.41) is 0. The van der Waals surface area contributed by atoms with E-state index in [4.69, 9.17) is 9.47 Å². The summed E-state index contributed by atoms with van der Waals surface area (Å²) in [6.45, 7) is 4.89. The van der Waals surface area contributed by atoms with E-state index in [1.165, 1.54) is 33.7 Å². The lowest BCUT2D eigenvalue weighted by molar-refractivity contribution is -0.140. The number of aromatic nitrogens is 1. The molecule has 1 heterocycles. The molecule has 1 rings (SSSR count). The molecule has 0 fully saturated rings. The van der Waals surface area contributed by atoms with Gasteiger partial charge in [0.05, 0.1) is 50.1 Å². The highest BCUT2D eigenvalue weighted by molar-refractivity contribution is 7.90. The van der Waals surface area contributed by atoms with Gasteiger partial charge in [-0.1, -0.05) is 6.42 Å². The SMILES string of the molecule is COC(=O)CCCCC(NS(=O)(=O)C(C)(C)C)c1c(OC)cncc1OC. The van der Waals surface area contributed by atoms with Crippen LogP contribution in [0.1, 0.15) is 58.1 Å². The van der Waals surface area contributed by atoms with Crippen molar-refractivity contribution in [2.24, 2.45) is 0 Å². The quantitative estimate of drug-likeness (QED) is 0.474. The number of pyridine rings is 1. The number of methoxy groups -OCH3 is 3. The van der Waals surface area contributed by atoms with Crippen LogP contribution in [-0.2, 0) is 19.6 Å². The first-order chi connectivity index (χ1) is 12.6. The van der Waals surface area contributed by atoms with Gasteiger partial charge in [0.15, 0.2) is 0 Å². The van der Waals surface area contributed by atoms with Gasteiger partial charge in [-0.15, -0.1) is 0 Å². The third kappa shape index (κ3) is 6.35. The van der Waals surface area contributed by atoms with E-state index >= 15 is 0 Å². The molecule has 0 aliphatic heterocycles. The number of nitrogens with one attached hydrogen (secondary N) is 1. The van der Waals surface area contributed by atoms with Crippen molar-refractivity contribution in [3.05, 3.63) is 18.0 Å². The first-order valence-corrected chi connectivity index (χ1v) is 10.2. The van der Waals surface area contributed by atoms with Crippen molar-refractivity contribution in [1.29, 1.82) is 0 Å². The molecule has 1 unspecified atom stereocenters. The smallest absolute Gasteiger partial charge is 0.305 e. The van der Waals surface area contributed by atoms with Crippen LogP contribution in [0.4, 0.5) is 0 Å². The number of esters is 1. The molecule has 9 heteroatoms. The first kappa shape index (κ1) is 23.2. The molecule has 1 N–H and O–H groups in total. The highest BCUT2D eigenvalue weighted by Gasteiger charge is 2.33. The molecule has 0 aliphatic rings. The average Bonchev–Trinajstić information content (AvgIpc) is 2.62. The second kappa shape index (κ2) is 9.89. The van der Waals surface area contributed by atoms with Crippen molar-refractivity contribution >= 4 is 16.0 Å². The minimum absolute atomic E-state index is 0.278. The monoisotopic (exact) mass is 402 g/mol. The predicted octanol–water partition coefficient (Wildman–Crippen LogP) is 2.59. The van der Waals surface area contributed by atoms with Crippen molar-refractivity contribution in [3.63, 3.8) is 0 Å². The van der Waals surface area contributed by atoms with Crippen LogP contribution in [0.3, 0.4) is 0 Å². The summed E-state index contributed by atoms with van der Waals surface area (Å²) in [7, 11) is 0.701. The van der Waals surface area contributed by atoms with Gasteiger partial charge in [-0.2, -0.15) is 0 Å². The molecule has 0 bridgehead atoms. The summed E-state index contributed by atoms with van der Waals surface area (Å²) in [6.07, 6.45) is 4.97. The first-order valence-electron chi connectivity index (χ1n) is 8.72. The Balaban J connectivity index is 3.17. The number of hydrogen-bond acceptors (Lipinski definition) is 7. The van der Waals surface area contributed by atoms with Crippen molar-refractivity contribution in [1.82, 2.24) is 9.71 Å². The van der Waals surface area contributed by atoms with Crippen molar-refractivity contribution in [2.75, 3.05) is 21.3 Å². The molecule has 8 nitrogen and oxygen atoms in total. The number of unbranched alkanes of at least 4 members (excludes halogenated alkanes) is 1. The van der Waals surface area contributed by atoms with E-state index in [9.17, 15) is 13.2 Å². The Morgan fingerprint density at radius 3 is 2.11 bits per heavy atom. The van der Waals surface area contributed by atoms with Crippen molar-refractivity contribution in [2.45, 2.75) is 57.2 Å². The minimum atomic E-state index is -3.63. The molecule has 27 heavy (non-hydrogen) atoms. The van der Waals surface area contributed by atoms with Gasteiger partial charge in [0.25, 0.3) is 0 Å². The number of sulfonamides is 1. The van der Waals surface area contributed by atoms with Gasteiger partial charge in [-0.25, -0.2) is 13.1 Å². The van der Waals surface area contributed by atoms with Gasteiger partial charge >= 0.3 is 5.97 Å². The fourth-order valence-corrected chi connectivity index (χ4v) is 3.41. The number of carbonyl (C=O) groups is 1. The number of hydrogen-bond donors (Lipinski definition) is 1. The van der Waals surface area contributed by atoms with Gasteiger partial charge in [0, 0.05) is 6.42 Å². The Bertz CT molecular complexity index is 706. The normalized spacial score (nSPS) is 13.1. The van der Waals surface area contributed by atoms with Gasteiger partial charge in [0.2, 0.25) is 10.0 Å². The number of rotatable bonds is 10. The maximum Gasteiger partial charge on any atom is 0.305 e. The molecule has 1 aromatic rings. The Labute approximate surface area is 161 Å². The van der Waals surface area contributed by atoms with Crippen LogP contribution in [0.5, 0.6) is 11.5 Å². The second-order valence-electron chi connectivity index (χ2n) is 7.07. The molecule has 1 aromatic heterocycles. The van der Waals surface area contributed by atoms with E-state index < -0.39 is 20.8 Å². The lowest BCUT2D eigenvalue weighted by atomic mass is 10.0. The maximum atomic E-state index is 12.7. The molecule has 154 valence electrons. The standard InChI is InChI=1S/C18H30N2O6S/c1-18(2,3)27(22,23)20-13(9-7-8-10-16(21)26-6)17-14(24-4)11-19-12-15(17)25-5/h11-13,20H,7-10H2,1-6H3. The van der Waals surface area contributed by atoms with Gasteiger partial charge in [-0.3, -0.25) is 9.78 Å². The predicted molar refractivity (Wildman–Crippen MR) is 102 cm³/mol. The molecule has 0 radical (unpaired) electrons. The van der Waals surface area contributed by atoms with Gasteiger partial charge < -0.3 is 14.2 Å². The van der Waals surface area contributed by atoms with Crippen molar-refractivity contribution < 1.29 is 27.4 Å². The van der Waals surface area contributed by atoms with E-state index in [-0.39, 0.29) is 12.4 Å². The van der Waals surface area contributed by atoms with Crippen molar-refractivity contribution in [3.8, 4) is 11.5 Å². The molecule has 0 saturated heterocycles. The third-order valence-electron chi connectivity index (χ3n) is 4.16. The summed E-state index contributed by atoms with van der Waals surface area (Å²) < 4.78 is 42.7. The highest BCUT2D eigenvalue weighted by Crippen LogP contribution is 2.36. The van der Waals surface area contributed by atoms with E-state index in [1.807, 2.05) is 0 Å². The van der Waals surface area contributed by atoms with Crippen LogP contribution in [0, 0.1) is 0 Å². The molecule has 0 aliphatic carbocycles. The van der Waals surface area contributed by atoms with E-state index in [2.05, 4.69) is 14.4 Å². The van der Waals surface area contributed by atoms with E-state index in [0.29, 0.717) is 36.3 Å². The molecular formula is C18H30N2O6S. The Morgan fingerprint density at radius 2 is 1.67 bits per heavy atom. The van der Waals surface area contributed by atoms with Crippen LogP contribution < -0.4 is 14.2 Å². The Hall–Kier alpha value is -1.87. The average molecular weight is 403 g/mol. The van der Waals surface area contributed by atoms with Crippen LogP contribution >= 0.6 is 0 Å². The summed E-state index contributed by atoms with van der Waals surface area (Å²) in [5.41, 5.74) is 0.584. The summed E-state index contributed by atoms with van der Waals surface area (Å²) in [5.74, 6) is 0.578. The van der Waals surface area contributed by atoms with Crippen LogP contribution in [0.25, 0.3) is 0 Å². The van der Waals surface area contributed by atoms with E-state index in [0.717, 1.165) is 0 Å². The molecule has 0 spiro atoms. The number of carbonyl (C=O) groups excluding carboxylic acids is 1. The van der Waals surface area contributed by atoms with Gasteiger partial charge in [-0.05, 0) is 33.6 Å². The van der Waals surface area contributed by atoms with E-state index in [1.54, 1.807) is 20.8 Å². The second-order valence-corrected chi connectivity index (χ2v) is 9.53. The van der Waals surface area contributed by atoms with Crippen LogP contribution in [0.2, 0.25) is 0 Å². The number of nitrogens with zero attached hydrogens (tertiary/aromatic N) is 1. The van der Waals surface area contributed by atoms with Gasteiger partial charge in [0.1, 0.15) is 11.5 Å². The Morgan fingerprint density at radius 1 is 1.11 bits per heavy atom. The fraction of sp³-hybridized carbons (Fsp3) is 0.667. The minimum Gasteiger partial charge on any atom is -0.495 e. The zero-order valence-corrected chi connectivity index (χ0v) is 17.7. The van der Waals surface area contributed by atoms with Crippen LogP contribution in [-0.4, -0.2) is 45.4 Å². The Kier molecular flexibility index (Phi) is 8.49. The number of ether oxygens (including phenoxy) is 3. The van der Waals surface area contributed by atoms with Crippen LogP contribution in [0.15, 0.2) is 12.4 Å². The largest absolute Gasteiger partial charge is 0.495 e. The molecule has 0 saturated carbocycles. The highest BCUT2D eigenvalue weighted by atomic mass is 32.2.